The van der Waals surface area contributed by atoms with Crippen molar-refractivity contribution in [2.24, 2.45) is 5.92 Å². The average Bonchev–Trinajstić information content (AvgIpc) is 2.90. The van der Waals surface area contributed by atoms with Gasteiger partial charge in [-0.15, -0.1) is 0 Å². The van der Waals surface area contributed by atoms with Crippen molar-refractivity contribution in [3.63, 3.8) is 0 Å². The van der Waals surface area contributed by atoms with Crippen molar-refractivity contribution in [3.05, 3.63) is 34.9 Å². The van der Waals surface area contributed by atoms with E-state index in [-0.39, 0.29) is 5.78 Å². The number of Topliss-reactive ketones (excluding diaryl/α,β-unsaturated/α-hetero) is 1. The fourth-order valence-electron chi connectivity index (χ4n) is 3.60. The Hall–Kier alpha value is -1.15. The van der Waals surface area contributed by atoms with Crippen LogP contribution >= 0.6 is 0 Å². The first-order valence-corrected chi connectivity index (χ1v) is 7.93. The minimum Gasteiger partial charge on any atom is -0.382 e. The Labute approximate surface area is 121 Å². The summed E-state index contributed by atoms with van der Waals surface area (Å²) < 4.78 is 0. The Balaban J connectivity index is 1.69. The number of carbonyl (C=O) groups excluding carboxylic acids is 1. The molecular weight excluding hydrogens is 248 g/mol. The van der Waals surface area contributed by atoms with Crippen LogP contribution in [0.3, 0.4) is 0 Å². The molecule has 0 radical (unpaired) electrons. The summed E-state index contributed by atoms with van der Waals surface area (Å²) in [5.74, 6) is 0.658. The SMILES string of the molecule is CC1CCC(O)(C(=O)Cc2ccc3c(c2)CCC3)CC1. The minimum absolute atomic E-state index is 0.0161. The monoisotopic (exact) mass is 272 g/mol. The van der Waals surface area contributed by atoms with Crippen LogP contribution in [0.4, 0.5) is 0 Å². The standard InChI is InChI=1S/C18H24O2/c1-13-7-9-18(20,10-8-13)17(19)12-14-5-6-15-3-2-4-16(15)11-14/h5-6,11,13,20H,2-4,7-10,12H2,1H3. The average molecular weight is 272 g/mol. The highest BCUT2D eigenvalue weighted by molar-refractivity contribution is 5.89. The quantitative estimate of drug-likeness (QED) is 0.917. The number of aryl methyl sites for hydroxylation is 2. The van der Waals surface area contributed by atoms with Crippen molar-refractivity contribution in [2.45, 2.75) is 63.9 Å². The zero-order valence-corrected chi connectivity index (χ0v) is 12.3. The van der Waals surface area contributed by atoms with Crippen molar-refractivity contribution in [3.8, 4) is 0 Å². The predicted molar refractivity (Wildman–Crippen MR) is 79.8 cm³/mol. The summed E-state index contributed by atoms with van der Waals surface area (Å²) in [6.07, 6.45) is 7.13. The van der Waals surface area contributed by atoms with E-state index in [1.54, 1.807) is 0 Å². The van der Waals surface area contributed by atoms with Gasteiger partial charge in [0, 0.05) is 6.42 Å². The largest absolute Gasteiger partial charge is 0.382 e. The van der Waals surface area contributed by atoms with Crippen molar-refractivity contribution in [2.75, 3.05) is 0 Å². The Kier molecular flexibility index (Phi) is 3.68. The van der Waals surface area contributed by atoms with E-state index in [1.165, 1.54) is 24.0 Å². The van der Waals surface area contributed by atoms with Gasteiger partial charge in [0.1, 0.15) is 5.60 Å². The molecule has 0 amide bonds. The maximum absolute atomic E-state index is 12.4. The van der Waals surface area contributed by atoms with E-state index in [9.17, 15) is 9.90 Å². The number of aliphatic hydroxyl groups is 1. The number of fused-ring (bicyclic) bond motifs is 1. The maximum atomic E-state index is 12.4. The molecule has 0 atom stereocenters. The molecule has 2 heteroatoms. The van der Waals surface area contributed by atoms with Crippen LogP contribution in [0.5, 0.6) is 0 Å². The highest BCUT2D eigenvalue weighted by Crippen LogP contribution is 2.33. The zero-order chi connectivity index (χ0) is 14.2. The van der Waals surface area contributed by atoms with Crippen molar-refractivity contribution in [1.29, 1.82) is 0 Å². The van der Waals surface area contributed by atoms with Gasteiger partial charge in [-0.05, 0) is 67.6 Å². The lowest BCUT2D eigenvalue weighted by Gasteiger charge is -2.33. The third-order valence-electron chi connectivity index (χ3n) is 5.15. The topological polar surface area (TPSA) is 37.3 Å². The molecular formula is C18H24O2. The molecule has 1 aromatic carbocycles. The molecule has 2 nitrogen and oxygen atoms in total. The molecule has 0 heterocycles. The number of hydrogen-bond acceptors (Lipinski definition) is 2. The van der Waals surface area contributed by atoms with E-state index < -0.39 is 5.60 Å². The van der Waals surface area contributed by atoms with Crippen molar-refractivity contribution in [1.82, 2.24) is 0 Å². The van der Waals surface area contributed by atoms with E-state index in [0.717, 1.165) is 24.8 Å². The van der Waals surface area contributed by atoms with Crippen LogP contribution in [0, 0.1) is 5.92 Å². The fourth-order valence-corrected chi connectivity index (χ4v) is 3.60. The summed E-state index contributed by atoms with van der Waals surface area (Å²) in [4.78, 5) is 12.4. The summed E-state index contributed by atoms with van der Waals surface area (Å²) in [7, 11) is 0. The van der Waals surface area contributed by atoms with E-state index >= 15 is 0 Å². The molecule has 1 saturated carbocycles. The molecule has 0 unspecified atom stereocenters. The normalized spacial score (nSPS) is 29.2. The predicted octanol–water partition coefficient (Wildman–Crippen LogP) is 3.23. The third kappa shape index (κ3) is 2.67. The lowest BCUT2D eigenvalue weighted by atomic mass is 9.76. The number of rotatable bonds is 3. The Morgan fingerprint density at radius 3 is 2.70 bits per heavy atom. The van der Waals surface area contributed by atoms with Gasteiger partial charge in [-0.3, -0.25) is 4.79 Å². The van der Waals surface area contributed by atoms with Crippen LogP contribution in [-0.2, 0) is 24.1 Å². The molecule has 1 N–H and O–H groups in total. The number of carbonyl (C=O) groups is 1. The van der Waals surface area contributed by atoms with Crippen LogP contribution in [0.15, 0.2) is 18.2 Å². The van der Waals surface area contributed by atoms with Gasteiger partial charge in [0.2, 0.25) is 0 Å². The van der Waals surface area contributed by atoms with Crippen molar-refractivity contribution >= 4 is 5.78 Å². The van der Waals surface area contributed by atoms with Crippen LogP contribution in [0.1, 0.15) is 55.7 Å². The summed E-state index contributed by atoms with van der Waals surface area (Å²) in [6, 6.07) is 6.41. The molecule has 0 spiro atoms. The lowest BCUT2D eigenvalue weighted by molar-refractivity contribution is -0.140. The zero-order valence-electron chi connectivity index (χ0n) is 12.3. The van der Waals surface area contributed by atoms with Crippen molar-refractivity contribution < 1.29 is 9.90 Å². The molecule has 1 aromatic rings. The lowest BCUT2D eigenvalue weighted by Crippen LogP contribution is -2.42. The summed E-state index contributed by atoms with van der Waals surface area (Å²) in [5, 5.41) is 10.6. The van der Waals surface area contributed by atoms with Gasteiger partial charge in [-0.2, -0.15) is 0 Å². The molecule has 108 valence electrons. The van der Waals surface area contributed by atoms with E-state index in [1.807, 2.05) is 0 Å². The fraction of sp³-hybridized carbons (Fsp3) is 0.611. The van der Waals surface area contributed by atoms with Gasteiger partial charge in [-0.1, -0.05) is 25.1 Å². The van der Waals surface area contributed by atoms with Gasteiger partial charge in [0.15, 0.2) is 5.78 Å². The molecule has 2 aliphatic carbocycles. The highest BCUT2D eigenvalue weighted by Gasteiger charge is 2.38. The highest BCUT2D eigenvalue weighted by atomic mass is 16.3. The molecule has 3 rings (SSSR count). The number of benzene rings is 1. The van der Waals surface area contributed by atoms with Gasteiger partial charge in [0.25, 0.3) is 0 Å². The van der Waals surface area contributed by atoms with Gasteiger partial charge >= 0.3 is 0 Å². The van der Waals surface area contributed by atoms with Gasteiger partial charge < -0.3 is 5.11 Å². The Bertz CT molecular complexity index is 510. The van der Waals surface area contributed by atoms with Crippen LogP contribution in [0.2, 0.25) is 0 Å². The molecule has 20 heavy (non-hydrogen) atoms. The van der Waals surface area contributed by atoms with Gasteiger partial charge in [0.05, 0.1) is 0 Å². The smallest absolute Gasteiger partial charge is 0.168 e. The van der Waals surface area contributed by atoms with E-state index in [2.05, 4.69) is 25.1 Å². The van der Waals surface area contributed by atoms with E-state index in [0.29, 0.717) is 25.2 Å². The van der Waals surface area contributed by atoms with Crippen LogP contribution < -0.4 is 0 Å². The Morgan fingerprint density at radius 1 is 1.25 bits per heavy atom. The first kappa shape index (κ1) is 13.8. The summed E-state index contributed by atoms with van der Waals surface area (Å²) in [5.41, 5.74) is 2.85. The second kappa shape index (κ2) is 5.33. The number of ketones is 1. The first-order valence-electron chi connectivity index (χ1n) is 7.93. The molecule has 0 aromatic heterocycles. The first-order chi connectivity index (χ1) is 9.57. The molecule has 0 saturated heterocycles. The van der Waals surface area contributed by atoms with Crippen LogP contribution in [0.25, 0.3) is 0 Å². The van der Waals surface area contributed by atoms with Gasteiger partial charge in [-0.25, -0.2) is 0 Å². The number of hydrogen-bond donors (Lipinski definition) is 1. The maximum Gasteiger partial charge on any atom is 0.168 e. The van der Waals surface area contributed by atoms with E-state index in [4.69, 9.17) is 0 Å². The minimum atomic E-state index is -1.06. The Morgan fingerprint density at radius 2 is 1.95 bits per heavy atom. The summed E-state index contributed by atoms with van der Waals surface area (Å²) >= 11 is 0. The summed E-state index contributed by atoms with van der Waals surface area (Å²) in [6.45, 7) is 2.20. The molecule has 2 aliphatic rings. The van der Waals surface area contributed by atoms with Crippen LogP contribution in [-0.4, -0.2) is 16.5 Å². The third-order valence-corrected chi connectivity index (χ3v) is 5.15. The molecule has 0 bridgehead atoms. The molecule has 0 aliphatic heterocycles. The second-order valence-corrected chi connectivity index (χ2v) is 6.77. The molecule has 1 fully saturated rings. The second-order valence-electron chi connectivity index (χ2n) is 6.77.